The van der Waals surface area contributed by atoms with E-state index < -0.39 is 0 Å². The lowest BCUT2D eigenvalue weighted by Gasteiger charge is -2.32. The molecule has 5 heteroatoms. The molecule has 2 aromatic rings. The minimum Gasteiger partial charge on any atom is -0.358 e. The van der Waals surface area contributed by atoms with Crippen molar-refractivity contribution >= 4 is 28.4 Å². The second kappa shape index (κ2) is 5.70. The molecule has 2 heterocycles. The summed E-state index contributed by atoms with van der Waals surface area (Å²) in [5.41, 5.74) is 3.16. The maximum absolute atomic E-state index is 12.5. The van der Waals surface area contributed by atoms with Gasteiger partial charge in [0.2, 0.25) is 5.91 Å². The average molecular weight is 306 g/mol. The van der Waals surface area contributed by atoms with E-state index in [9.17, 15) is 4.79 Å². The van der Waals surface area contributed by atoms with Crippen LogP contribution in [0.3, 0.4) is 0 Å². The van der Waals surface area contributed by atoms with Crippen molar-refractivity contribution in [2.75, 3.05) is 33.2 Å². The Balaban J connectivity index is 1.82. The Bertz CT molecular complexity index is 671. The van der Waals surface area contributed by atoms with Crippen LogP contribution in [0.5, 0.6) is 0 Å². The van der Waals surface area contributed by atoms with Gasteiger partial charge in [0.15, 0.2) is 0 Å². The number of H-pyrrole nitrogens is 1. The number of carbonyl (C=O) groups is 1. The molecule has 1 saturated heterocycles. The minimum atomic E-state index is 0.201. The summed E-state index contributed by atoms with van der Waals surface area (Å²) in [6, 6.07) is 5.77. The summed E-state index contributed by atoms with van der Waals surface area (Å²) < 4.78 is 0. The van der Waals surface area contributed by atoms with Gasteiger partial charge in [0.1, 0.15) is 0 Å². The highest BCUT2D eigenvalue weighted by Gasteiger charge is 2.21. The third-order valence-electron chi connectivity index (χ3n) is 4.27. The van der Waals surface area contributed by atoms with Crippen LogP contribution in [0.15, 0.2) is 18.2 Å². The Morgan fingerprint density at radius 1 is 1.29 bits per heavy atom. The molecule has 0 unspecified atom stereocenters. The molecule has 1 aromatic heterocycles. The van der Waals surface area contributed by atoms with Crippen molar-refractivity contribution in [3.63, 3.8) is 0 Å². The normalized spacial score (nSPS) is 16.6. The first kappa shape index (κ1) is 14.4. The first-order chi connectivity index (χ1) is 10.0. The molecular weight excluding hydrogens is 286 g/mol. The van der Waals surface area contributed by atoms with Crippen molar-refractivity contribution < 1.29 is 4.79 Å². The molecule has 3 rings (SSSR count). The Hall–Kier alpha value is -1.52. The number of aromatic nitrogens is 1. The average Bonchev–Trinajstić information content (AvgIpc) is 2.76. The molecule has 1 aromatic carbocycles. The molecule has 4 nitrogen and oxygen atoms in total. The number of amides is 1. The summed E-state index contributed by atoms with van der Waals surface area (Å²) in [5, 5.41) is 1.76. The topological polar surface area (TPSA) is 39.3 Å². The highest BCUT2D eigenvalue weighted by molar-refractivity contribution is 6.31. The number of rotatable bonds is 2. The Kier molecular flexibility index (Phi) is 3.91. The van der Waals surface area contributed by atoms with Gasteiger partial charge in [-0.3, -0.25) is 4.79 Å². The van der Waals surface area contributed by atoms with Crippen molar-refractivity contribution in [2.24, 2.45) is 0 Å². The smallest absolute Gasteiger partial charge is 0.227 e. The first-order valence-electron chi connectivity index (χ1n) is 7.27. The fourth-order valence-corrected chi connectivity index (χ4v) is 3.07. The molecule has 1 amide bonds. The summed E-state index contributed by atoms with van der Waals surface area (Å²) in [4.78, 5) is 20.1. The lowest BCUT2D eigenvalue weighted by molar-refractivity contribution is -0.132. The fourth-order valence-electron chi connectivity index (χ4n) is 2.90. The second-order valence-electron chi connectivity index (χ2n) is 5.78. The lowest BCUT2D eigenvalue weighted by Crippen LogP contribution is -2.47. The van der Waals surface area contributed by atoms with Gasteiger partial charge in [0.25, 0.3) is 0 Å². The first-order valence-corrected chi connectivity index (χ1v) is 7.65. The van der Waals surface area contributed by atoms with E-state index in [4.69, 9.17) is 11.6 Å². The van der Waals surface area contributed by atoms with E-state index in [0.29, 0.717) is 11.4 Å². The van der Waals surface area contributed by atoms with Gasteiger partial charge in [-0.05, 0) is 37.7 Å². The molecule has 112 valence electrons. The van der Waals surface area contributed by atoms with Gasteiger partial charge in [-0.15, -0.1) is 0 Å². The number of fused-ring (bicyclic) bond motifs is 1. The molecule has 0 aliphatic carbocycles. The van der Waals surface area contributed by atoms with E-state index in [1.807, 2.05) is 30.0 Å². The molecule has 1 fully saturated rings. The third-order valence-corrected chi connectivity index (χ3v) is 4.50. The van der Waals surface area contributed by atoms with Crippen molar-refractivity contribution in [2.45, 2.75) is 13.3 Å². The van der Waals surface area contributed by atoms with E-state index in [0.717, 1.165) is 48.3 Å². The third kappa shape index (κ3) is 2.92. The van der Waals surface area contributed by atoms with Gasteiger partial charge in [0.05, 0.1) is 6.42 Å². The number of nitrogens with zero attached hydrogens (tertiary/aromatic N) is 2. The second-order valence-corrected chi connectivity index (χ2v) is 6.22. The number of hydrogen-bond donors (Lipinski definition) is 1. The van der Waals surface area contributed by atoms with Crippen molar-refractivity contribution in [3.8, 4) is 0 Å². The zero-order chi connectivity index (χ0) is 15.0. The molecule has 21 heavy (non-hydrogen) atoms. The number of aromatic amines is 1. The van der Waals surface area contributed by atoms with Crippen molar-refractivity contribution in [1.29, 1.82) is 0 Å². The number of benzene rings is 1. The predicted molar refractivity (Wildman–Crippen MR) is 85.8 cm³/mol. The minimum absolute atomic E-state index is 0.201. The van der Waals surface area contributed by atoms with Gasteiger partial charge in [0, 0.05) is 47.8 Å². The standard InChI is InChI=1S/C16H20ClN3O/c1-11-13(14-9-12(17)3-4-15(14)18-11)10-16(21)20-7-5-19(2)6-8-20/h3-4,9,18H,5-8,10H2,1-2H3. The number of aryl methyl sites for hydroxylation is 1. The van der Waals surface area contributed by atoms with E-state index >= 15 is 0 Å². The number of piperazine rings is 1. The summed E-state index contributed by atoms with van der Waals surface area (Å²) >= 11 is 6.09. The Labute approximate surface area is 129 Å². The summed E-state index contributed by atoms with van der Waals surface area (Å²) in [5.74, 6) is 0.201. The van der Waals surface area contributed by atoms with Crippen LogP contribution in [0.4, 0.5) is 0 Å². The van der Waals surface area contributed by atoms with Crippen LogP contribution in [0.1, 0.15) is 11.3 Å². The fraction of sp³-hybridized carbons (Fsp3) is 0.438. The molecular formula is C16H20ClN3O. The van der Waals surface area contributed by atoms with Gasteiger partial charge in [-0.1, -0.05) is 11.6 Å². The van der Waals surface area contributed by atoms with E-state index in [1.165, 1.54) is 0 Å². The Morgan fingerprint density at radius 2 is 2.00 bits per heavy atom. The van der Waals surface area contributed by atoms with Crippen LogP contribution < -0.4 is 0 Å². The number of carbonyl (C=O) groups excluding carboxylic acids is 1. The largest absolute Gasteiger partial charge is 0.358 e. The summed E-state index contributed by atoms with van der Waals surface area (Å²) in [7, 11) is 2.09. The van der Waals surface area contributed by atoms with Crippen LogP contribution >= 0.6 is 11.6 Å². The zero-order valence-electron chi connectivity index (χ0n) is 12.4. The number of nitrogens with one attached hydrogen (secondary N) is 1. The van der Waals surface area contributed by atoms with Crippen LogP contribution in [0, 0.1) is 6.92 Å². The predicted octanol–water partition coefficient (Wildman–Crippen LogP) is 2.45. The lowest BCUT2D eigenvalue weighted by atomic mass is 10.1. The highest BCUT2D eigenvalue weighted by atomic mass is 35.5. The molecule has 0 saturated carbocycles. The molecule has 0 atom stereocenters. The number of halogens is 1. The molecule has 1 aliphatic rings. The van der Waals surface area contributed by atoms with E-state index in [2.05, 4.69) is 16.9 Å². The van der Waals surface area contributed by atoms with Crippen LogP contribution in [-0.2, 0) is 11.2 Å². The van der Waals surface area contributed by atoms with Crippen molar-refractivity contribution in [3.05, 3.63) is 34.5 Å². The van der Waals surface area contributed by atoms with Gasteiger partial charge in [-0.25, -0.2) is 0 Å². The van der Waals surface area contributed by atoms with Gasteiger partial charge < -0.3 is 14.8 Å². The quantitative estimate of drug-likeness (QED) is 0.925. The van der Waals surface area contributed by atoms with Gasteiger partial charge in [-0.2, -0.15) is 0 Å². The van der Waals surface area contributed by atoms with Crippen molar-refractivity contribution in [1.82, 2.24) is 14.8 Å². The molecule has 1 N–H and O–H groups in total. The highest BCUT2D eigenvalue weighted by Crippen LogP contribution is 2.26. The monoisotopic (exact) mass is 305 g/mol. The number of likely N-dealkylation sites (N-methyl/N-ethyl adjacent to an activating group) is 1. The van der Waals surface area contributed by atoms with Crippen LogP contribution in [0.25, 0.3) is 10.9 Å². The zero-order valence-corrected chi connectivity index (χ0v) is 13.2. The SMILES string of the molecule is Cc1[nH]c2ccc(Cl)cc2c1CC(=O)N1CCN(C)CC1. The molecule has 1 aliphatic heterocycles. The summed E-state index contributed by atoms with van der Waals surface area (Å²) in [6.45, 7) is 5.55. The molecule has 0 bridgehead atoms. The van der Waals surface area contributed by atoms with E-state index in [-0.39, 0.29) is 5.91 Å². The Morgan fingerprint density at radius 3 is 2.71 bits per heavy atom. The maximum atomic E-state index is 12.5. The van der Waals surface area contributed by atoms with Crippen LogP contribution in [0.2, 0.25) is 5.02 Å². The van der Waals surface area contributed by atoms with Crippen LogP contribution in [-0.4, -0.2) is 53.9 Å². The molecule has 0 radical (unpaired) electrons. The van der Waals surface area contributed by atoms with E-state index in [1.54, 1.807) is 0 Å². The maximum Gasteiger partial charge on any atom is 0.227 e. The summed E-state index contributed by atoms with van der Waals surface area (Å²) in [6.07, 6.45) is 0.440. The van der Waals surface area contributed by atoms with Gasteiger partial charge >= 0.3 is 0 Å². The molecule has 0 spiro atoms. The number of hydrogen-bond acceptors (Lipinski definition) is 2.